The van der Waals surface area contributed by atoms with Crippen molar-refractivity contribution in [3.05, 3.63) is 29.3 Å². The largest absolute Gasteiger partial charge is 0.300 e. The average molecular weight is 401 g/mol. The number of benzene rings is 1. The second kappa shape index (κ2) is 7.36. The first-order valence-corrected chi connectivity index (χ1v) is 10.7. The van der Waals surface area contributed by atoms with E-state index in [1.807, 2.05) is 12.1 Å². The first kappa shape index (κ1) is 18.2. The van der Waals surface area contributed by atoms with Gasteiger partial charge < -0.3 is 5.32 Å². The summed E-state index contributed by atoms with van der Waals surface area (Å²) in [5.41, 5.74) is 0.864. The highest BCUT2D eigenvalue weighted by molar-refractivity contribution is 7.88. The van der Waals surface area contributed by atoms with Gasteiger partial charge in [0, 0.05) is 23.7 Å². The van der Waals surface area contributed by atoms with Crippen LogP contribution in [0.25, 0.3) is 10.6 Å². The Balaban J connectivity index is 1.66. The van der Waals surface area contributed by atoms with E-state index >= 15 is 0 Å². The molecule has 10 heteroatoms. The number of aromatic nitrogens is 2. The zero-order valence-electron chi connectivity index (χ0n) is 13.5. The minimum absolute atomic E-state index is 0.202. The zero-order chi connectivity index (χ0) is 18.0. The van der Waals surface area contributed by atoms with Gasteiger partial charge in [0.05, 0.1) is 12.2 Å². The summed E-state index contributed by atoms with van der Waals surface area (Å²) in [5, 5.41) is 12.5. The third-order valence-corrected chi connectivity index (χ3v) is 6.38. The van der Waals surface area contributed by atoms with Gasteiger partial charge in [-0.05, 0) is 25.0 Å². The van der Waals surface area contributed by atoms with Crippen molar-refractivity contribution in [3.8, 4) is 10.6 Å². The Morgan fingerprint density at radius 2 is 2.04 bits per heavy atom. The fourth-order valence-corrected chi connectivity index (χ4v) is 4.44. The third kappa shape index (κ3) is 4.55. The summed E-state index contributed by atoms with van der Waals surface area (Å²) in [6, 6.07) is 7.19. The maximum Gasteiger partial charge on any atom is 0.230 e. The molecule has 0 unspecified atom stereocenters. The number of amides is 1. The SMILES string of the molecule is CS(=O)(=O)N1CCC[C@@H](C(=O)Nc2nnc(-c3ccc(Cl)cc3)s2)C1. The number of nitrogens with zero attached hydrogens (tertiary/aromatic N) is 3. The molecule has 1 N–H and O–H groups in total. The Morgan fingerprint density at radius 3 is 2.72 bits per heavy atom. The fourth-order valence-electron chi connectivity index (χ4n) is 2.65. The summed E-state index contributed by atoms with van der Waals surface area (Å²) < 4.78 is 24.7. The molecule has 2 aromatic rings. The molecule has 0 bridgehead atoms. The van der Waals surface area contributed by atoms with Crippen molar-refractivity contribution in [3.63, 3.8) is 0 Å². The summed E-state index contributed by atoms with van der Waals surface area (Å²) in [7, 11) is -3.28. The van der Waals surface area contributed by atoms with Gasteiger partial charge in [-0.3, -0.25) is 4.79 Å². The maximum absolute atomic E-state index is 12.4. The number of carbonyl (C=O) groups is 1. The van der Waals surface area contributed by atoms with Crippen LogP contribution in [-0.2, 0) is 14.8 Å². The number of piperidine rings is 1. The quantitative estimate of drug-likeness (QED) is 0.851. The molecule has 3 rings (SSSR count). The summed E-state index contributed by atoms with van der Waals surface area (Å²) >= 11 is 7.13. The van der Waals surface area contributed by atoms with Crippen molar-refractivity contribution in [2.24, 2.45) is 5.92 Å². The van der Waals surface area contributed by atoms with Crippen LogP contribution in [0.2, 0.25) is 5.02 Å². The van der Waals surface area contributed by atoms with E-state index in [0.717, 1.165) is 11.8 Å². The van der Waals surface area contributed by atoms with Gasteiger partial charge in [0.2, 0.25) is 21.1 Å². The first-order valence-electron chi connectivity index (χ1n) is 7.68. The molecule has 0 saturated carbocycles. The minimum Gasteiger partial charge on any atom is -0.300 e. The van der Waals surface area contributed by atoms with E-state index in [-0.39, 0.29) is 18.4 Å². The second-order valence-corrected chi connectivity index (χ2v) is 9.27. The van der Waals surface area contributed by atoms with Crippen LogP contribution >= 0.6 is 22.9 Å². The highest BCUT2D eigenvalue weighted by atomic mass is 35.5. The monoisotopic (exact) mass is 400 g/mol. The molecule has 25 heavy (non-hydrogen) atoms. The topological polar surface area (TPSA) is 92.3 Å². The zero-order valence-corrected chi connectivity index (χ0v) is 15.9. The predicted octanol–water partition coefficient (Wildman–Crippen LogP) is 2.47. The van der Waals surface area contributed by atoms with Crippen molar-refractivity contribution < 1.29 is 13.2 Å². The minimum atomic E-state index is -3.28. The van der Waals surface area contributed by atoms with Crippen LogP contribution in [0.15, 0.2) is 24.3 Å². The van der Waals surface area contributed by atoms with Crippen LogP contribution in [-0.4, -0.2) is 48.2 Å². The lowest BCUT2D eigenvalue weighted by Crippen LogP contribution is -2.43. The highest BCUT2D eigenvalue weighted by Crippen LogP contribution is 2.28. The standard InChI is InChI=1S/C15H17ClN4O3S2/c1-25(22,23)20-8-2-3-11(9-20)13(21)17-15-19-18-14(24-15)10-4-6-12(16)7-5-10/h4-7,11H,2-3,8-9H2,1H3,(H,17,19,21)/t11-/m1/s1. The molecule has 1 atom stereocenters. The third-order valence-electron chi connectivity index (χ3n) is 3.97. The summed E-state index contributed by atoms with van der Waals surface area (Å²) in [4.78, 5) is 12.4. The lowest BCUT2D eigenvalue weighted by molar-refractivity contribution is -0.120. The number of nitrogens with one attached hydrogen (secondary N) is 1. The maximum atomic E-state index is 12.4. The first-order chi connectivity index (χ1) is 11.8. The molecule has 1 aliphatic heterocycles. The van der Waals surface area contributed by atoms with Gasteiger partial charge in [0.1, 0.15) is 5.01 Å². The van der Waals surface area contributed by atoms with Gasteiger partial charge in [-0.25, -0.2) is 12.7 Å². The fraction of sp³-hybridized carbons (Fsp3) is 0.400. The molecular formula is C15H17ClN4O3S2. The number of anilines is 1. The number of carbonyl (C=O) groups excluding carboxylic acids is 1. The molecule has 1 fully saturated rings. The van der Waals surface area contributed by atoms with Crippen molar-refractivity contribution in [1.29, 1.82) is 0 Å². The molecule has 0 spiro atoms. The van der Waals surface area contributed by atoms with Crippen molar-refractivity contribution >= 4 is 44.0 Å². The Hall–Kier alpha value is -1.55. The Kier molecular flexibility index (Phi) is 5.38. The number of sulfonamides is 1. The average Bonchev–Trinajstić information content (AvgIpc) is 3.03. The van der Waals surface area contributed by atoms with Crippen LogP contribution < -0.4 is 5.32 Å². The molecular weight excluding hydrogens is 384 g/mol. The Labute approximate surface area is 155 Å². The number of hydrogen-bond acceptors (Lipinski definition) is 6. The van der Waals surface area contributed by atoms with Gasteiger partial charge in [-0.2, -0.15) is 0 Å². The molecule has 0 aliphatic carbocycles. The normalized spacial score (nSPS) is 18.9. The van der Waals surface area contributed by atoms with E-state index in [4.69, 9.17) is 11.6 Å². The number of halogens is 1. The van der Waals surface area contributed by atoms with Crippen molar-refractivity contribution in [2.75, 3.05) is 24.7 Å². The van der Waals surface area contributed by atoms with Crippen molar-refractivity contribution in [1.82, 2.24) is 14.5 Å². The van der Waals surface area contributed by atoms with Crippen LogP contribution in [0.5, 0.6) is 0 Å². The molecule has 1 amide bonds. The van der Waals surface area contributed by atoms with Crippen LogP contribution in [0.4, 0.5) is 5.13 Å². The smallest absolute Gasteiger partial charge is 0.230 e. The Morgan fingerprint density at radius 1 is 1.32 bits per heavy atom. The lowest BCUT2D eigenvalue weighted by atomic mass is 9.99. The van der Waals surface area contributed by atoms with E-state index in [2.05, 4.69) is 15.5 Å². The second-order valence-electron chi connectivity index (χ2n) is 5.87. The van der Waals surface area contributed by atoms with Gasteiger partial charge in [0.25, 0.3) is 0 Å². The summed E-state index contributed by atoms with van der Waals surface area (Å²) in [6.07, 6.45) is 2.48. The molecule has 7 nitrogen and oxygen atoms in total. The number of rotatable bonds is 4. The van der Waals surface area contributed by atoms with E-state index in [1.54, 1.807) is 12.1 Å². The van der Waals surface area contributed by atoms with E-state index in [0.29, 0.717) is 34.5 Å². The van der Waals surface area contributed by atoms with E-state index in [9.17, 15) is 13.2 Å². The molecule has 1 aromatic carbocycles. The number of hydrogen-bond donors (Lipinski definition) is 1. The summed E-state index contributed by atoms with van der Waals surface area (Å²) in [6.45, 7) is 0.662. The van der Waals surface area contributed by atoms with Crippen molar-refractivity contribution in [2.45, 2.75) is 12.8 Å². The van der Waals surface area contributed by atoms with Gasteiger partial charge >= 0.3 is 0 Å². The molecule has 1 saturated heterocycles. The lowest BCUT2D eigenvalue weighted by Gasteiger charge is -2.29. The predicted molar refractivity (Wildman–Crippen MR) is 98.1 cm³/mol. The van der Waals surface area contributed by atoms with Gasteiger partial charge in [-0.1, -0.05) is 35.1 Å². The van der Waals surface area contributed by atoms with Gasteiger partial charge in [0.15, 0.2) is 0 Å². The van der Waals surface area contributed by atoms with E-state index < -0.39 is 10.0 Å². The molecule has 134 valence electrons. The molecule has 2 heterocycles. The highest BCUT2D eigenvalue weighted by Gasteiger charge is 2.30. The summed E-state index contributed by atoms with van der Waals surface area (Å²) in [5.74, 6) is -0.612. The van der Waals surface area contributed by atoms with E-state index in [1.165, 1.54) is 15.6 Å². The van der Waals surface area contributed by atoms with Crippen LogP contribution in [0, 0.1) is 5.92 Å². The molecule has 1 aliphatic rings. The molecule has 1 aromatic heterocycles. The molecule has 0 radical (unpaired) electrons. The Bertz CT molecular complexity index is 867. The van der Waals surface area contributed by atoms with Crippen LogP contribution in [0.3, 0.4) is 0 Å². The van der Waals surface area contributed by atoms with Crippen LogP contribution in [0.1, 0.15) is 12.8 Å². The van der Waals surface area contributed by atoms with Gasteiger partial charge in [-0.15, -0.1) is 10.2 Å².